The van der Waals surface area contributed by atoms with Crippen LogP contribution in [0.25, 0.3) is 10.9 Å². The third-order valence-electron chi connectivity index (χ3n) is 5.26. The summed E-state index contributed by atoms with van der Waals surface area (Å²) < 4.78 is 29.5. The van der Waals surface area contributed by atoms with E-state index in [1.807, 2.05) is 12.1 Å². The van der Waals surface area contributed by atoms with E-state index < -0.39 is 16.0 Å². The van der Waals surface area contributed by atoms with Gasteiger partial charge in [-0.25, -0.2) is 18.2 Å². The Kier molecular flexibility index (Phi) is 6.40. The zero-order valence-electron chi connectivity index (χ0n) is 19.3. The van der Waals surface area contributed by atoms with Crippen LogP contribution in [0.4, 0.5) is 11.4 Å². The molecule has 35 heavy (non-hydrogen) atoms. The monoisotopic (exact) mass is 486 g/mol. The molecule has 4 aromatic rings. The molecule has 0 bridgehead atoms. The molecular weight excluding hydrogens is 464 g/mol. The van der Waals surface area contributed by atoms with Crippen molar-refractivity contribution in [2.75, 3.05) is 23.7 Å². The van der Waals surface area contributed by atoms with Gasteiger partial charge in [-0.15, -0.1) is 0 Å². The van der Waals surface area contributed by atoms with Gasteiger partial charge in [0, 0.05) is 43.0 Å². The lowest BCUT2D eigenvalue weighted by Crippen LogP contribution is -2.16. The van der Waals surface area contributed by atoms with E-state index in [4.69, 9.17) is 0 Å². The van der Waals surface area contributed by atoms with Crippen molar-refractivity contribution in [1.82, 2.24) is 9.97 Å². The molecule has 2 heterocycles. The second kappa shape index (κ2) is 9.44. The Hall–Kier alpha value is -4.42. The number of pyridine rings is 2. The maximum absolute atomic E-state index is 13.4. The van der Waals surface area contributed by atoms with Gasteiger partial charge in [-0.05, 0) is 36.8 Å². The standard InChI is InChI=1S/C26H22N4O4S/c1-17-10-12-20-8-6-14-27-23(20)25(17)35(33,34)29-21-9-5-4-7-19(21)13-11-18-15-22(30(2)3)24(26(31)32)28-16-18/h4-10,12,14-16,29H,1-3H3,(H,31,32). The average Bonchev–Trinajstić information content (AvgIpc) is 2.82. The molecule has 8 nitrogen and oxygen atoms in total. The molecule has 2 N–H and O–H groups in total. The molecule has 0 aliphatic rings. The highest BCUT2D eigenvalue weighted by molar-refractivity contribution is 7.93. The normalized spacial score (nSPS) is 10.9. The highest BCUT2D eigenvalue weighted by Crippen LogP contribution is 2.28. The van der Waals surface area contributed by atoms with E-state index in [0.717, 1.165) is 5.39 Å². The van der Waals surface area contributed by atoms with Gasteiger partial charge < -0.3 is 10.0 Å². The number of hydrogen-bond donors (Lipinski definition) is 2. The van der Waals surface area contributed by atoms with Crippen LogP contribution in [0.15, 0.2) is 71.9 Å². The fraction of sp³-hybridized carbons (Fsp3) is 0.115. The summed E-state index contributed by atoms with van der Waals surface area (Å²) in [6, 6.07) is 15.6. The van der Waals surface area contributed by atoms with Gasteiger partial charge in [0.15, 0.2) is 5.69 Å². The van der Waals surface area contributed by atoms with Crippen molar-refractivity contribution in [2.24, 2.45) is 0 Å². The van der Waals surface area contributed by atoms with E-state index >= 15 is 0 Å². The van der Waals surface area contributed by atoms with Crippen molar-refractivity contribution in [3.8, 4) is 11.8 Å². The van der Waals surface area contributed by atoms with Crippen molar-refractivity contribution in [3.63, 3.8) is 0 Å². The molecule has 0 saturated carbocycles. The van der Waals surface area contributed by atoms with Crippen LogP contribution in [0.2, 0.25) is 0 Å². The van der Waals surface area contributed by atoms with Crippen LogP contribution < -0.4 is 9.62 Å². The minimum atomic E-state index is -3.97. The van der Waals surface area contributed by atoms with Gasteiger partial charge in [-0.2, -0.15) is 0 Å². The number of aryl methyl sites for hydroxylation is 1. The van der Waals surface area contributed by atoms with Crippen LogP contribution in [0.5, 0.6) is 0 Å². The minimum absolute atomic E-state index is 0.0761. The molecular formula is C26H22N4O4S. The Balaban J connectivity index is 1.73. The minimum Gasteiger partial charge on any atom is -0.476 e. The van der Waals surface area contributed by atoms with E-state index in [2.05, 4.69) is 26.5 Å². The molecule has 0 amide bonds. The first-order valence-corrected chi connectivity index (χ1v) is 12.0. The lowest BCUT2D eigenvalue weighted by atomic mass is 10.1. The van der Waals surface area contributed by atoms with Crippen LogP contribution in [0.3, 0.4) is 0 Å². The Morgan fingerprint density at radius 3 is 2.54 bits per heavy atom. The van der Waals surface area contributed by atoms with E-state index in [-0.39, 0.29) is 10.6 Å². The first-order chi connectivity index (χ1) is 16.7. The molecule has 2 aromatic carbocycles. The lowest BCUT2D eigenvalue weighted by Gasteiger charge is -2.14. The second-order valence-corrected chi connectivity index (χ2v) is 9.60. The number of carbonyl (C=O) groups is 1. The van der Waals surface area contributed by atoms with E-state index in [1.165, 1.54) is 6.20 Å². The summed E-state index contributed by atoms with van der Waals surface area (Å²) in [5.74, 6) is 4.79. The largest absolute Gasteiger partial charge is 0.476 e. The van der Waals surface area contributed by atoms with Crippen LogP contribution in [0, 0.1) is 18.8 Å². The van der Waals surface area contributed by atoms with Crippen molar-refractivity contribution in [1.29, 1.82) is 0 Å². The summed E-state index contributed by atoms with van der Waals surface area (Å²) >= 11 is 0. The molecule has 0 aliphatic carbocycles. The number of hydrogen-bond acceptors (Lipinski definition) is 6. The predicted octanol–water partition coefficient (Wildman–Crippen LogP) is 3.90. The van der Waals surface area contributed by atoms with Crippen LogP contribution in [0.1, 0.15) is 27.2 Å². The number of carboxylic acid groups (broad SMARTS) is 1. The molecule has 0 aliphatic heterocycles. The maximum atomic E-state index is 13.4. The summed E-state index contributed by atoms with van der Waals surface area (Å²) in [7, 11) is -0.539. The first-order valence-electron chi connectivity index (χ1n) is 10.6. The van der Waals surface area contributed by atoms with Gasteiger partial charge >= 0.3 is 5.97 Å². The molecule has 9 heteroatoms. The summed E-state index contributed by atoms with van der Waals surface area (Å²) in [4.78, 5) is 21.5. The predicted molar refractivity (Wildman–Crippen MR) is 135 cm³/mol. The first kappa shape index (κ1) is 23.7. The summed E-state index contributed by atoms with van der Waals surface area (Å²) in [6.45, 7) is 1.73. The SMILES string of the molecule is Cc1ccc2cccnc2c1S(=O)(=O)Nc1ccccc1C#Cc1cnc(C(=O)O)c(N(C)C)c1. The number of rotatable bonds is 5. The zero-order chi connectivity index (χ0) is 25.2. The molecule has 0 saturated heterocycles. The van der Waals surface area contributed by atoms with E-state index in [1.54, 1.807) is 74.6 Å². The fourth-order valence-electron chi connectivity index (χ4n) is 3.60. The molecule has 0 unspecified atom stereocenters. The molecule has 0 fully saturated rings. The van der Waals surface area contributed by atoms with Gasteiger partial charge in [-0.3, -0.25) is 9.71 Å². The third-order valence-corrected chi connectivity index (χ3v) is 6.80. The number of benzene rings is 2. The molecule has 2 aromatic heterocycles. The molecule has 176 valence electrons. The number of para-hydroxylation sites is 1. The number of aromatic carboxylic acids is 1. The summed E-state index contributed by atoms with van der Waals surface area (Å²) in [6.07, 6.45) is 2.94. The van der Waals surface area contributed by atoms with Crippen LogP contribution >= 0.6 is 0 Å². The number of anilines is 2. The number of nitrogens with zero attached hydrogens (tertiary/aromatic N) is 3. The van der Waals surface area contributed by atoms with Gasteiger partial charge in [0.2, 0.25) is 0 Å². The molecule has 4 rings (SSSR count). The Labute approximate surface area is 203 Å². The number of aromatic nitrogens is 2. The Morgan fingerprint density at radius 2 is 1.80 bits per heavy atom. The zero-order valence-corrected chi connectivity index (χ0v) is 20.1. The molecule has 0 radical (unpaired) electrons. The van der Waals surface area contributed by atoms with Crippen molar-refractivity contribution in [2.45, 2.75) is 11.8 Å². The van der Waals surface area contributed by atoms with Gasteiger partial charge in [0.1, 0.15) is 4.90 Å². The smallest absolute Gasteiger partial charge is 0.356 e. The molecule has 0 spiro atoms. The number of carboxylic acids is 1. The number of nitrogens with one attached hydrogen (secondary N) is 1. The quantitative estimate of drug-likeness (QED) is 0.411. The highest BCUT2D eigenvalue weighted by Gasteiger charge is 2.22. The number of fused-ring (bicyclic) bond motifs is 1. The Morgan fingerprint density at radius 1 is 1.03 bits per heavy atom. The van der Waals surface area contributed by atoms with E-state index in [9.17, 15) is 18.3 Å². The fourth-order valence-corrected chi connectivity index (χ4v) is 5.09. The van der Waals surface area contributed by atoms with Gasteiger partial charge in [-0.1, -0.05) is 42.2 Å². The third kappa shape index (κ3) is 4.93. The van der Waals surface area contributed by atoms with Gasteiger partial charge in [0.25, 0.3) is 10.0 Å². The number of sulfonamides is 1. The van der Waals surface area contributed by atoms with Gasteiger partial charge in [0.05, 0.1) is 16.9 Å². The lowest BCUT2D eigenvalue weighted by molar-refractivity contribution is 0.0691. The topological polar surface area (TPSA) is 112 Å². The van der Waals surface area contributed by atoms with Crippen molar-refractivity contribution < 1.29 is 18.3 Å². The van der Waals surface area contributed by atoms with Crippen molar-refractivity contribution in [3.05, 3.63) is 89.4 Å². The highest BCUT2D eigenvalue weighted by atomic mass is 32.2. The maximum Gasteiger partial charge on any atom is 0.356 e. The second-order valence-electron chi connectivity index (χ2n) is 7.98. The summed E-state index contributed by atoms with van der Waals surface area (Å²) in [5.41, 5.74) is 2.57. The Bertz CT molecular complexity index is 1620. The van der Waals surface area contributed by atoms with Crippen LogP contribution in [-0.2, 0) is 10.0 Å². The van der Waals surface area contributed by atoms with Crippen LogP contribution in [-0.4, -0.2) is 43.6 Å². The average molecular weight is 487 g/mol. The van der Waals surface area contributed by atoms with Crippen molar-refractivity contribution >= 4 is 38.3 Å². The summed E-state index contributed by atoms with van der Waals surface area (Å²) in [5, 5.41) is 10.1. The molecule has 0 atom stereocenters. The van der Waals surface area contributed by atoms with E-state index in [0.29, 0.717) is 33.6 Å².